The van der Waals surface area contributed by atoms with E-state index < -0.39 is 35.6 Å². The van der Waals surface area contributed by atoms with Gasteiger partial charge in [-0.25, -0.2) is 4.79 Å². The molecule has 1 fully saturated rings. The van der Waals surface area contributed by atoms with Gasteiger partial charge in [0.05, 0.1) is 18.3 Å². The van der Waals surface area contributed by atoms with Gasteiger partial charge in [0.2, 0.25) is 5.82 Å². The number of ether oxygens (including phenoxy) is 2. The Morgan fingerprint density at radius 2 is 1.82 bits per heavy atom. The molecule has 0 bridgehead atoms. The molecule has 0 spiro atoms. The van der Waals surface area contributed by atoms with Crippen LogP contribution in [0.4, 0.5) is 18.0 Å². The van der Waals surface area contributed by atoms with E-state index in [-0.39, 0.29) is 42.6 Å². The molecule has 1 amide bonds. The summed E-state index contributed by atoms with van der Waals surface area (Å²) in [6.07, 6.45) is 1.27. The molecule has 2 heterocycles. The van der Waals surface area contributed by atoms with Crippen molar-refractivity contribution >= 4 is 6.09 Å². The number of rotatable bonds is 11. The van der Waals surface area contributed by atoms with Crippen LogP contribution in [0.5, 0.6) is 5.75 Å². The number of unbranched alkanes of at least 4 members (excludes halogenated alkanes) is 6. The first kappa shape index (κ1) is 29.7. The van der Waals surface area contributed by atoms with Gasteiger partial charge in [-0.2, -0.15) is 18.2 Å². The summed E-state index contributed by atoms with van der Waals surface area (Å²) in [7, 11) is 0. The minimum absolute atomic E-state index is 0.0758. The van der Waals surface area contributed by atoms with Crippen molar-refractivity contribution < 1.29 is 37.1 Å². The molecular weight excluding hydrogens is 503 g/mol. The highest BCUT2D eigenvalue weighted by atomic mass is 19.4. The first-order chi connectivity index (χ1) is 17.9. The van der Waals surface area contributed by atoms with Gasteiger partial charge >= 0.3 is 12.3 Å². The summed E-state index contributed by atoms with van der Waals surface area (Å²) in [6.45, 7) is 7.71. The van der Waals surface area contributed by atoms with Crippen molar-refractivity contribution in [2.75, 3.05) is 13.2 Å². The third-order valence-corrected chi connectivity index (χ3v) is 6.24. The molecule has 38 heavy (non-hydrogen) atoms. The van der Waals surface area contributed by atoms with E-state index in [1.807, 2.05) is 0 Å². The van der Waals surface area contributed by atoms with E-state index in [9.17, 15) is 23.1 Å². The molecule has 0 unspecified atom stereocenters. The average molecular weight is 542 g/mol. The highest BCUT2D eigenvalue weighted by molar-refractivity contribution is 5.69. The lowest BCUT2D eigenvalue weighted by molar-refractivity contribution is -0.138. The molecule has 212 valence electrons. The first-order valence-corrected chi connectivity index (χ1v) is 13.3. The van der Waals surface area contributed by atoms with Gasteiger partial charge in [0, 0.05) is 12.1 Å². The number of aliphatic hydroxyl groups excluding tert-OH is 1. The number of aliphatic hydroxyl groups is 1. The Hall–Kier alpha value is -2.82. The molecule has 1 aliphatic rings. The van der Waals surface area contributed by atoms with Gasteiger partial charge in [0.1, 0.15) is 17.4 Å². The number of benzene rings is 1. The second-order valence-corrected chi connectivity index (χ2v) is 10.6. The predicted octanol–water partition coefficient (Wildman–Crippen LogP) is 6.93. The third-order valence-electron chi connectivity index (χ3n) is 6.24. The van der Waals surface area contributed by atoms with Gasteiger partial charge in [-0.15, -0.1) is 0 Å². The largest absolute Gasteiger partial charge is 0.493 e. The number of alkyl halides is 3. The molecule has 0 saturated carbocycles. The lowest BCUT2D eigenvalue weighted by atomic mass is 10.1. The van der Waals surface area contributed by atoms with Crippen LogP contribution >= 0.6 is 0 Å². The number of amides is 1. The lowest BCUT2D eigenvalue weighted by Gasteiger charge is -2.27. The Balaban J connectivity index is 1.71. The van der Waals surface area contributed by atoms with Gasteiger partial charge in [0.25, 0.3) is 5.89 Å². The first-order valence-electron chi connectivity index (χ1n) is 13.3. The highest BCUT2D eigenvalue weighted by Gasteiger charge is 2.43. The molecule has 3 rings (SSSR count). The van der Waals surface area contributed by atoms with Crippen molar-refractivity contribution in [2.45, 2.75) is 103 Å². The average Bonchev–Trinajstić information content (AvgIpc) is 3.46. The summed E-state index contributed by atoms with van der Waals surface area (Å²) >= 11 is 0. The van der Waals surface area contributed by atoms with Crippen molar-refractivity contribution in [1.29, 1.82) is 0 Å². The van der Waals surface area contributed by atoms with Gasteiger partial charge in [-0.05, 0) is 51.8 Å². The van der Waals surface area contributed by atoms with Crippen LogP contribution in [-0.2, 0) is 10.9 Å². The van der Waals surface area contributed by atoms with Crippen LogP contribution in [0.15, 0.2) is 22.7 Å². The van der Waals surface area contributed by atoms with E-state index in [1.165, 1.54) is 29.9 Å². The van der Waals surface area contributed by atoms with Gasteiger partial charge in [-0.1, -0.05) is 50.6 Å². The van der Waals surface area contributed by atoms with E-state index in [2.05, 4.69) is 17.1 Å². The van der Waals surface area contributed by atoms with E-state index in [1.54, 1.807) is 20.8 Å². The number of carbonyl (C=O) groups excluding carboxylic acids is 1. The molecule has 1 saturated heterocycles. The Kier molecular flexibility index (Phi) is 10.0. The van der Waals surface area contributed by atoms with Gasteiger partial charge in [-0.3, -0.25) is 4.90 Å². The molecule has 1 aliphatic heterocycles. The number of hydrogen-bond donors (Lipinski definition) is 1. The Bertz CT molecular complexity index is 1050. The molecule has 0 aliphatic carbocycles. The Labute approximate surface area is 221 Å². The maximum absolute atomic E-state index is 13.8. The molecule has 2 aromatic rings. The van der Waals surface area contributed by atoms with Crippen LogP contribution < -0.4 is 4.74 Å². The summed E-state index contributed by atoms with van der Waals surface area (Å²) < 4.78 is 57.7. The molecule has 2 atom stereocenters. The maximum Gasteiger partial charge on any atom is 0.419 e. The molecule has 1 N–H and O–H groups in total. The minimum atomic E-state index is -4.65. The lowest BCUT2D eigenvalue weighted by Crippen LogP contribution is -2.38. The molecule has 11 heteroatoms. The zero-order valence-electron chi connectivity index (χ0n) is 22.5. The zero-order chi connectivity index (χ0) is 27.9. The van der Waals surface area contributed by atoms with Crippen LogP contribution in [0.2, 0.25) is 0 Å². The summed E-state index contributed by atoms with van der Waals surface area (Å²) in [5, 5.41) is 14.3. The maximum atomic E-state index is 13.8. The predicted molar refractivity (Wildman–Crippen MR) is 135 cm³/mol. The van der Waals surface area contributed by atoms with Gasteiger partial charge in [0.15, 0.2) is 0 Å². The summed E-state index contributed by atoms with van der Waals surface area (Å²) in [6, 6.07) is 2.65. The molecular formula is C27H38F3N3O5. The quantitative estimate of drug-likeness (QED) is 0.308. The molecule has 8 nitrogen and oxygen atoms in total. The highest BCUT2D eigenvalue weighted by Crippen LogP contribution is 2.39. The molecule has 1 aromatic heterocycles. The number of hydrogen-bond acceptors (Lipinski definition) is 7. The Morgan fingerprint density at radius 1 is 1.13 bits per heavy atom. The second-order valence-electron chi connectivity index (χ2n) is 10.6. The number of aromatic nitrogens is 2. The van der Waals surface area contributed by atoms with Crippen molar-refractivity contribution in [1.82, 2.24) is 15.0 Å². The summed E-state index contributed by atoms with van der Waals surface area (Å²) in [4.78, 5) is 18.1. The van der Waals surface area contributed by atoms with Crippen molar-refractivity contribution in [3.05, 3.63) is 29.7 Å². The third kappa shape index (κ3) is 8.09. The van der Waals surface area contributed by atoms with Crippen LogP contribution in [0.3, 0.4) is 0 Å². The number of halogens is 3. The van der Waals surface area contributed by atoms with E-state index in [0.717, 1.165) is 31.7 Å². The summed E-state index contributed by atoms with van der Waals surface area (Å²) in [5.74, 6) is -0.422. The molecule has 1 aromatic carbocycles. The fraction of sp³-hybridized carbons (Fsp3) is 0.667. The molecule has 0 radical (unpaired) electrons. The van der Waals surface area contributed by atoms with Crippen molar-refractivity contribution in [2.24, 2.45) is 0 Å². The van der Waals surface area contributed by atoms with Gasteiger partial charge < -0.3 is 19.1 Å². The number of nitrogens with zero attached hydrogens (tertiary/aromatic N) is 3. The SMILES string of the molecule is CCCCCCCCCOc1ccc(-c2noc([C@@H]3[C@@H](O)CCN3C(=O)OC(C)(C)C)n2)cc1C(F)(F)F. The minimum Gasteiger partial charge on any atom is -0.493 e. The standard InChI is InChI=1S/C27H38F3N3O5/c1-5-6-7-8-9-10-11-16-36-21-13-12-18(17-19(21)27(28,29)30)23-31-24(38-32-23)22-20(34)14-15-33(22)25(35)37-26(2,3)4/h12-13,17,20,22,34H,5-11,14-16H2,1-4H3/t20-,22-/m0/s1. The van der Waals surface area contributed by atoms with Crippen LogP contribution in [0.1, 0.15) is 96.6 Å². The fourth-order valence-corrected chi connectivity index (χ4v) is 4.33. The van der Waals surface area contributed by atoms with E-state index in [4.69, 9.17) is 14.0 Å². The Morgan fingerprint density at radius 3 is 2.47 bits per heavy atom. The zero-order valence-corrected chi connectivity index (χ0v) is 22.5. The van der Waals surface area contributed by atoms with Crippen LogP contribution in [-0.4, -0.2) is 51.1 Å². The van der Waals surface area contributed by atoms with Crippen molar-refractivity contribution in [3.63, 3.8) is 0 Å². The van der Waals surface area contributed by atoms with Crippen LogP contribution in [0, 0.1) is 0 Å². The number of carbonyl (C=O) groups is 1. The van der Waals surface area contributed by atoms with E-state index >= 15 is 0 Å². The van der Waals surface area contributed by atoms with Crippen molar-refractivity contribution in [3.8, 4) is 17.1 Å². The monoisotopic (exact) mass is 541 g/mol. The normalized spacial score (nSPS) is 18.2. The fourth-order valence-electron chi connectivity index (χ4n) is 4.33. The van der Waals surface area contributed by atoms with E-state index in [0.29, 0.717) is 6.42 Å². The smallest absolute Gasteiger partial charge is 0.419 e. The topological polar surface area (TPSA) is 97.9 Å². The van der Waals surface area contributed by atoms with Crippen LogP contribution in [0.25, 0.3) is 11.4 Å². The number of likely N-dealkylation sites (tertiary alicyclic amines) is 1. The second kappa shape index (κ2) is 12.8. The summed E-state index contributed by atoms with van der Waals surface area (Å²) in [5.41, 5.74) is -1.60.